The van der Waals surface area contributed by atoms with Crippen molar-refractivity contribution in [3.63, 3.8) is 0 Å². The Bertz CT molecular complexity index is 754. The summed E-state index contributed by atoms with van der Waals surface area (Å²) >= 11 is 0. The summed E-state index contributed by atoms with van der Waals surface area (Å²) in [6.45, 7) is 0. The second-order valence-corrected chi connectivity index (χ2v) is 6.16. The second-order valence-electron chi connectivity index (χ2n) is 4.15. The molecule has 0 radical (unpaired) electrons. The summed E-state index contributed by atoms with van der Waals surface area (Å²) in [5.74, 6) is -0.140. The molecular formula is C14H11FO4S. The highest BCUT2D eigenvalue weighted by Crippen LogP contribution is 2.26. The Balaban J connectivity index is 2.38. The molecule has 0 heterocycles. The van der Waals surface area contributed by atoms with Crippen LogP contribution in [0.3, 0.4) is 0 Å². The number of aldehydes is 1. The third-order valence-electron chi connectivity index (χ3n) is 2.56. The molecule has 4 nitrogen and oxygen atoms in total. The van der Waals surface area contributed by atoms with E-state index >= 15 is 0 Å². The van der Waals surface area contributed by atoms with Crippen molar-refractivity contribution in [3.05, 3.63) is 53.8 Å². The second kappa shape index (κ2) is 5.42. The minimum Gasteiger partial charge on any atom is -0.457 e. The van der Waals surface area contributed by atoms with Crippen LogP contribution in [0, 0.1) is 5.82 Å². The van der Waals surface area contributed by atoms with Crippen LogP contribution < -0.4 is 4.74 Å². The zero-order chi connectivity index (χ0) is 14.8. The molecule has 0 aliphatic rings. The largest absolute Gasteiger partial charge is 0.457 e. The first-order chi connectivity index (χ1) is 9.40. The first-order valence-electron chi connectivity index (χ1n) is 5.63. The first kappa shape index (κ1) is 14.2. The average Bonchev–Trinajstić information content (AvgIpc) is 2.40. The molecule has 104 valence electrons. The summed E-state index contributed by atoms with van der Waals surface area (Å²) in [6.07, 6.45) is 1.56. The predicted octanol–water partition coefficient (Wildman–Crippen LogP) is 2.83. The number of halogens is 1. The van der Waals surface area contributed by atoms with E-state index in [0.29, 0.717) is 6.29 Å². The smallest absolute Gasteiger partial charge is 0.175 e. The van der Waals surface area contributed by atoms with E-state index in [2.05, 4.69) is 0 Å². The fourth-order valence-corrected chi connectivity index (χ4v) is 2.26. The fraction of sp³-hybridized carbons (Fsp3) is 0.0714. The highest BCUT2D eigenvalue weighted by Gasteiger charge is 2.10. The van der Waals surface area contributed by atoms with E-state index in [1.165, 1.54) is 24.3 Å². The minimum absolute atomic E-state index is 0.0507. The lowest BCUT2D eigenvalue weighted by Crippen LogP contribution is -1.97. The van der Waals surface area contributed by atoms with Crippen molar-refractivity contribution in [1.29, 1.82) is 0 Å². The first-order valence-corrected chi connectivity index (χ1v) is 7.52. The summed E-state index contributed by atoms with van der Waals surface area (Å²) in [4.78, 5) is 11.0. The Kier molecular flexibility index (Phi) is 3.85. The molecule has 2 aromatic rings. The third-order valence-corrected chi connectivity index (χ3v) is 3.67. The molecule has 0 N–H and O–H groups in total. The third kappa shape index (κ3) is 3.21. The van der Waals surface area contributed by atoms with Crippen LogP contribution in [-0.2, 0) is 9.84 Å². The van der Waals surface area contributed by atoms with Crippen LogP contribution in [-0.4, -0.2) is 21.0 Å². The lowest BCUT2D eigenvalue weighted by Gasteiger charge is -2.09. The van der Waals surface area contributed by atoms with Gasteiger partial charge in [-0.15, -0.1) is 0 Å². The number of carbonyl (C=O) groups excluding carboxylic acids is 1. The standard InChI is InChI=1S/C14H11FO4S/c1-20(17,18)13-4-2-3-12(8-13)19-14-6-5-11(15)7-10(14)9-16/h2-9H,1H3. The van der Waals surface area contributed by atoms with Crippen LogP contribution in [0.2, 0.25) is 0 Å². The van der Waals surface area contributed by atoms with Gasteiger partial charge in [0.15, 0.2) is 16.1 Å². The Labute approximate surface area is 115 Å². The molecule has 2 aromatic carbocycles. The maximum atomic E-state index is 13.0. The van der Waals surface area contributed by atoms with E-state index < -0.39 is 15.7 Å². The van der Waals surface area contributed by atoms with Crippen molar-refractivity contribution in [2.45, 2.75) is 4.90 Å². The van der Waals surface area contributed by atoms with Gasteiger partial charge < -0.3 is 4.74 Å². The molecule has 2 rings (SSSR count). The van der Waals surface area contributed by atoms with Gasteiger partial charge in [0.2, 0.25) is 0 Å². The normalized spacial score (nSPS) is 11.1. The van der Waals surface area contributed by atoms with Crippen LogP contribution in [0.15, 0.2) is 47.4 Å². The van der Waals surface area contributed by atoms with E-state index in [4.69, 9.17) is 4.74 Å². The molecule has 0 unspecified atom stereocenters. The molecule has 0 aliphatic heterocycles. The van der Waals surface area contributed by atoms with Crippen molar-refractivity contribution in [1.82, 2.24) is 0 Å². The molecule has 0 aliphatic carbocycles. The molecule has 0 atom stereocenters. The Morgan fingerprint density at radius 2 is 1.90 bits per heavy atom. The summed E-state index contributed by atoms with van der Waals surface area (Å²) in [5, 5.41) is 0. The molecule has 20 heavy (non-hydrogen) atoms. The lowest BCUT2D eigenvalue weighted by atomic mass is 10.2. The summed E-state index contributed by atoms with van der Waals surface area (Å²) < 4.78 is 41.3. The number of hydrogen-bond donors (Lipinski definition) is 0. The molecular weight excluding hydrogens is 283 g/mol. The van der Waals surface area contributed by atoms with Gasteiger partial charge in [-0.25, -0.2) is 12.8 Å². The molecule has 0 saturated carbocycles. The lowest BCUT2D eigenvalue weighted by molar-refractivity contribution is 0.112. The molecule has 0 fully saturated rings. The minimum atomic E-state index is -3.35. The van der Waals surface area contributed by atoms with Crippen molar-refractivity contribution in [3.8, 4) is 11.5 Å². The van der Waals surface area contributed by atoms with Crippen LogP contribution in [0.5, 0.6) is 11.5 Å². The fourth-order valence-electron chi connectivity index (χ4n) is 1.60. The van der Waals surface area contributed by atoms with Gasteiger partial charge in [0.25, 0.3) is 0 Å². The SMILES string of the molecule is CS(=O)(=O)c1cccc(Oc2ccc(F)cc2C=O)c1. The molecule has 0 saturated heterocycles. The Morgan fingerprint density at radius 3 is 2.55 bits per heavy atom. The molecule has 0 amide bonds. The van der Waals surface area contributed by atoms with Gasteiger partial charge in [-0.1, -0.05) is 6.07 Å². The van der Waals surface area contributed by atoms with Crippen LogP contribution in [0.1, 0.15) is 10.4 Å². The van der Waals surface area contributed by atoms with Gasteiger partial charge >= 0.3 is 0 Å². The van der Waals surface area contributed by atoms with Crippen LogP contribution >= 0.6 is 0 Å². The summed E-state index contributed by atoms with van der Waals surface area (Å²) in [5.41, 5.74) is 0.0507. The highest BCUT2D eigenvalue weighted by atomic mass is 32.2. The van der Waals surface area contributed by atoms with Crippen molar-refractivity contribution in [2.75, 3.05) is 6.26 Å². The maximum absolute atomic E-state index is 13.0. The number of sulfone groups is 1. The van der Waals surface area contributed by atoms with Gasteiger partial charge in [0.05, 0.1) is 10.5 Å². The summed E-state index contributed by atoms with van der Waals surface area (Å²) in [7, 11) is -3.35. The van der Waals surface area contributed by atoms with Crippen molar-refractivity contribution >= 4 is 16.1 Å². The van der Waals surface area contributed by atoms with Gasteiger partial charge in [-0.3, -0.25) is 4.79 Å². The van der Waals surface area contributed by atoms with E-state index in [-0.39, 0.29) is 22.0 Å². The molecule has 0 bridgehead atoms. The van der Waals surface area contributed by atoms with Gasteiger partial charge in [-0.2, -0.15) is 0 Å². The average molecular weight is 294 g/mol. The van der Waals surface area contributed by atoms with E-state index in [1.807, 2.05) is 0 Å². The summed E-state index contributed by atoms with van der Waals surface area (Å²) in [6, 6.07) is 9.36. The number of carbonyl (C=O) groups is 1. The van der Waals surface area contributed by atoms with E-state index in [1.54, 1.807) is 6.07 Å². The quantitative estimate of drug-likeness (QED) is 0.814. The van der Waals surface area contributed by atoms with Crippen LogP contribution in [0.25, 0.3) is 0 Å². The van der Waals surface area contributed by atoms with Gasteiger partial charge in [0, 0.05) is 6.26 Å². The van der Waals surface area contributed by atoms with Crippen molar-refractivity contribution in [2.24, 2.45) is 0 Å². The monoisotopic (exact) mass is 294 g/mol. The van der Waals surface area contributed by atoms with Crippen LogP contribution in [0.4, 0.5) is 4.39 Å². The van der Waals surface area contributed by atoms with Crippen molar-refractivity contribution < 1.29 is 22.3 Å². The predicted molar refractivity (Wildman–Crippen MR) is 71.4 cm³/mol. The van der Waals surface area contributed by atoms with E-state index in [0.717, 1.165) is 18.4 Å². The topological polar surface area (TPSA) is 60.4 Å². The number of hydrogen-bond acceptors (Lipinski definition) is 4. The molecule has 6 heteroatoms. The Hall–Kier alpha value is -2.21. The maximum Gasteiger partial charge on any atom is 0.175 e. The van der Waals surface area contributed by atoms with Gasteiger partial charge in [-0.05, 0) is 36.4 Å². The number of benzene rings is 2. The zero-order valence-electron chi connectivity index (χ0n) is 10.5. The molecule has 0 spiro atoms. The number of rotatable bonds is 4. The number of ether oxygens (including phenoxy) is 1. The van der Waals surface area contributed by atoms with Gasteiger partial charge in [0.1, 0.15) is 17.3 Å². The Morgan fingerprint density at radius 1 is 1.15 bits per heavy atom. The highest BCUT2D eigenvalue weighted by molar-refractivity contribution is 7.90. The molecule has 0 aromatic heterocycles. The van der Waals surface area contributed by atoms with E-state index in [9.17, 15) is 17.6 Å². The zero-order valence-corrected chi connectivity index (χ0v) is 11.4.